The number of nitro groups is 1. The fourth-order valence-corrected chi connectivity index (χ4v) is 1.99. The zero-order valence-corrected chi connectivity index (χ0v) is 11.0. The van der Waals surface area contributed by atoms with Gasteiger partial charge < -0.3 is 5.32 Å². The summed E-state index contributed by atoms with van der Waals surface area (Å²) in [5.41, 5.74) is 2.07. The van der Waals surface area contributed by atoms with Crippen molar-refractivity contribution >= 4 is 11.5 Å². The predicted molar refractivity (Wildman–Crippen MR) is 71.2 cm³/mol. The Bertz CT molecular complexity index is 621. The molecule has 0 radical (unpaired) electrons. The number of rotatable bonds is 4. The SMILES string of the molecule is CNc1cc(Cn2nc(C)c([N+](=O)[O-])c2C)ccn1. The van der Waals surface area contributed by atoms with Crippen LogP contribution in [0.25, 0.3) is 0 Å². The van der Waals surface area contributed by atoms with E-state index in [0.717, 1.165) is 11.4 Å². The molecule has 2 aromatic heterocycles. The number of hydrogen-bond acceptors (Lipinski definition) is 5. The van der Waals surface area contributed by atoms with Gasteiger partial charge in [-0.05, 0) is 31.5 Å². The van der Waals surface area contributed by atoms with Gasteiger partial charge in [-0.2, -0.15) is 5.10 Å². The first-order valence-electron chi connectivity index (χ1n) is 5.84. The van der Waals surface area contributed by atoms with Crippen molar-refractivity contribution in [3.05, 3.63) is 45.4 Å². The Morgan fingerprint density at radius 1 is 1.47 bits per heavy atom. The molecule has 2 heterocycles. The van der Waals surface area contributed by atoms with E-state index in [0.29, 0.717) is 17.9 Å². The second-order valence-corrected chi connectivity index (χ2v) is 4.23. The van der Waals surface area contributed by atoms with Gasteiger partial charge in [-0.1, -0.05) is 0 Å². The largest absolute Gasteiger partial charge is 0.373 e. The third kappa shape index (κ3) is 2.54. The molecule has 0 bridgehead atoms. The molecule has 0 amide bonds. The summed E-state index contributed by atoms with van der Waals surface area (Å²) in [5.74, 6) is 0.758. The van der Waals surface area contributed by atoms with Gasteiger partial charge in [-0.3, -0.25) is 14.8 Å². The molecular weight excluding hydrogens is 246 g/mol. The summed E-state index contributed by atoms with van der Waals surface area (Å²) in [4.78, 5) is 14.7. The number of pyridine rings is 1. The summed E-state index contributed by atoms with van der Waals surface area (Å²) in [7, 11) is 1.79. The first kappa shape index (κ1) is 13.0. The number of aryl methyl sites for hydroxylation is 1. The zero-order chi connectivity index (χ0) is 14.0. The van der Waals surface area contributed by atoms with Gasteiger partial charge in [0.2, 0.25) is 0 Å². The van der Waals surface area contributed by atoms with E-state index in [4.69, 9.17) is 0 Å². The fourth-order valence-electron chi connectivity index (χ4n) is 1.99. The van der Waals surface area contributed by atoms with E-state index in [-0.39, 0.29) is 10.6 Å². The first-order chi connectivity index (χ1) is 9.02. The first-order valence-corrected chi connectivity index (χ1v) is 5.84. The smallest absolute Gasteiger partial charge is 0.312 e. The summed E-state index contributed by atoms with van der Waals surface area (Å²) in [6.07, 6.45) is 1.70. The van der Waals surface area contributed by atoms with Crippen LogP contribution < -0.4 is 5.32 Å². The summed E-state index contributed by atoms with van der Waals surface area (Å²) in [6, 6.07) is 3.76. The molecule has 7 nitrogen and oxygen atoms in total. The maximum absolute atomic E-state index is 10.9. The van der Waals surface area contributed by atoms with E-state index in [9.17, 15) is 10.1 Å². The van der Waals surface area contributed by atoms with Crippen molar-refractivity contribution < 1.29 is 4.92 Å². The molecule has 0 aliphatic carbocycles. The minimum atomic E-state index is -0.389. The number of anilines is 1. The van der Waals surface area contributed by atoms with Crippen LogP contribution in [0.1, 0.15) is 17.0 Å². The third-order valence-electron chi connectivity index (χ3n) is 2.94. The average Bonchev–Trinajstić information content (AvgIpc) is 2.64. The molecule has 0 fully saturated rings. The van der Waals surface area contributed by atoms with E-state index in [1.54, 1.807) is 31.8 Å². The third-order valence-corrected chi connectivity index (χ3v) is 2.94. The monoisotopic (exact) mass is 261 g/mol. The Hall–Kier alpha value is -2.44. The highest BCUT2D eigenvalue weighted by atomic mass is 16.6. The van der Waals surface area contributed by atoms with Crippen LogP contribution >= 0.6 is 0 Å². The van der Waals surface area contributed by atoms with Crippen molar-refractivity contribution in [2.24, 2.45) is 0 Å². The highest BCUT2D eigenvalue weighted by molar-refractivity contribution is 5.41. The lowest BCUT2D eigenvalue weighted by molar-refractivity contribution is -0.386. The van der Waals surface area contributed by atoms with Gasteiger partial charge in [-0.15, -0.1) is 0 Å². The van der Waals surface area contributed by atoms with E-state index in [1.165, 1.54) is 0 Å². The van der Waals surface area contributed by atoms with Gasteiger partial charge in [0.15, 0.2) is 0 Å². The van der Waals surface area contributed by atoms with Gasteiger partial charge >= 0.3 is 5.69 Å². The number of nitrogens with zero attached hydrogens (tertiary/aromatic N) is 4. The molecule has 0 saturated carbocycles. The second-order valence-electron chi connectivity index (χ2n) is 4.23. The van der Waals surface area contributed by atoms with Crippen LogP contribution in [0.4, 0.5) is 11.5 Å². The van der Waals surface area contributed by atoms with Crippen molar-refractivity contribution in [3.63, 3.8) is 0 Å². The summed E-state index contributed by atoms with van der Waals surface area (Å²) in [5, 5.41) is 18.1. The van der Waals surface area contributed by atoms with Crippen molar-refractivity contribution in [1.82, 2.24) is 14.8 Å². The molecule has 100 valence electrons. The minimum Gasteiger partial charge on any atom is -0.373 e. The number of nitrogens with one attached hydrogen (secondary N) is 1. The highest BCUT2D eigenvalue weighted by Crippen LogP contribution is 2.22. The van der Waals surface area contributed by atoms with Gasteiger partial charge in [0, 0.05) is 13.2 Å². The maximum Gasteiger partial charge on any atom is 0.312 e. The molecule has 19 heavy (non-hydrogen) atoms. The number of aromatic nitrogens is 3. The Morgan fingerprint density at radius 3 is 2.79 bits per heavy atom. The van der Waals surface area contributed by atoms with Crippen molar-refractivity contribution in [3.8, 4) is 0 Å². The van der Waals surface area contributed by atoms with Gasteiger partial charge in [0.1, 0.15) is 17.2 Å². The van der Waals surface area contributed by atoms with Crippen molar-refractivity contribution in [1.29, 1.82) is 0 Å². The maximum atomic E-state index is 10.9. The van der Waals surface area contributed by atoms with E-state index in [1.807, 2.05) is 12.1 Å². The Labute approximate surface area is 110 Å². The van der Waals surface area contributed by atoms with Crippen LogP contribution in [-0.2, 0) is 6.54 Å². The lowest BCUT2D eigenvalue weighted by atomic mass is 10.2. The second kappa shape index (κ2) is 5.05. The molecule has 0 aliphatic heterocycles. The summed E-state index contributed by atoms with van der Waals surface area (Å²) in [6.45, 7) is 3.84. The summed E-state index contributed by atoms with van der Waals surface area (Å²) < 4.78 is 1.64. The van der Waals surface area contributed by atoms with Crippen LogP contribution in [0, 0.1) is 24.0 Å². The van der Waals surface area contributed by atoms with Crippen LogP contribution in [0.15, 0.2) is 18.3 Å². The lowest BCUT2D eigenvalue weighted by Gasteiger charge is -2.05. The zero-order valence-electron chi connectivity index (χ0n) is 11.0. The van der Waals surface area contributed by atoms with Crippen LogP contribution in [-0.4, -0.2) is 26.7 Å². The van der Waals surface area contributed by atoms with Gasteiger partial charge in [-0.25, -0.2) is 4.98 Å². The quantitative estimate of drug-likeness (QED) is 0.671. The fraction of sp³-hybridized carbons (Fsp3) is 0.333. The predicted octanol–water partition coefficient (Wildman–Crippen LogP) is 1.89. The molecule has 0 saturated heterocycles. The molecule has 7 heteroatoms. The normalized spacial score (nSPS) is 10.5. The van der Waals surface area contributed by atoms with Crippen LogP contribution in [0.5, 0.6) is 0 Å². The van der Waals surface area contributed by atoms with Crippen molar-refractivity contribution in [2.45, 2.75) is 20.4 Å². The molecule has 0 atom stereocenters. The van der Waals surface area contributed by atoms with Crippen molar-refractivity contribution in [2.75, 3.05) is 12.4 Å². The molecule has 0 spiro atoms. The molecule has 2 aromatic rings. The molecule has 2 rings (SSSR count). The average molecular weight is 261 g/mol. The van der Waals surface area contributed by atoms with E-state index < -0.39 is 0 Å². The van der Waals surface area contributed by atoms with Crippen LogP contribution in [0.2, 0.25) is 0 Å². The molecule has 0 unspecified atom stereocenters. The van der Waals surface area contributed by atoms with Gasteiger partial charge in [0.25, 0.3) is 0 Å². The van der Waals surface area contributed by atoms with Crippen LogP contribution in [0.3, 0.4) is 0 Å². The standard InChI is InChI=1S/C12H15N5O2/c1-8-12(17(18)19)9(2)16(15-8)7-10-4-5-14-11(6-10)13-3/h4-6H,7H2,1-3H3,(H,13,14). The highest BCUT2D eigenvalue weighted by Gasteiger charge is 2.21. The lowest BCUT2D eigenvalue weighted by Crippen LogP contribution is -2.05. The minimum absolute atomic E-state index is 0.0860. The van der Waals surface area contributed by atoms with E-state index in [2.05, 4.69) is 15.4 Å². The molecular formula is C12H15N5O2. The molecule has 0 aromatic carbocycles. The topological polar surface area (TPSA) is 85.9 Å². The Kier molecular flexibility index (Phi) is 3.46. The molecule has 1 N–H and O–H groups in total. The number of hydrogen-bond donors (Lipinski definition) is 1. The Balaban J connectivity index is 2.33. The van der Waals surface area contributed by atoms with E-state index >= 15 is 0 Å². The molecule has 0 aliphatic rings. The van der Waals surface area contributed by atoms with Gasteiger partial charge in [0.05, 0.1) is 11.5 Å². The summed E-state index contributed by atoms with van der Waals surface area (Å²) >= 11 is 0. The Morgan fingerprint density at radius 2 is 2.21 bits per heavy atom.